The zero-order valence-corrected chi connectivity index (χ0v) is 29.0. The molecule has 0 saturated carbocycles. The smallest absolute Gasteiger partial charge is 0.325 e. The Bertz CT molecular complexity index is 1370. The standard InChI is InChI=1S/C33H46N3O6PS2/c1-25-22-27-12-6-7-13-28(27)24-36(30-15-9-8-14-29(25)30)33(39)17-16-31(37)35-19-21-44-45-26(2)23-32(38)34-18-10-4-5-11-20-42-43(3,40)41/h6-9,12-15,22,26H,4-5,10-11,16-21,23-24H2,1-3H3,(H,34,38)(H,35,37)(H,40,41)/b25-22-. The normalized spacial score (nSPS) is 15.7. The maximum absolute atomic E-state index is 13.4. The summed E-state index contributed by atoms with van der Waals surface area (Å²) >= 11 is 0. The molecular formula is C33H46N3O6PS2. The van der Waals surface area contributed by atoms with Crippen LogP contribution in [0.2, 0.25) is 0 Å². The summed E-state index contributed by atoms with van der Waals surface area (Å²) in [6.07, 6.45) is 6.20. The lowest BCUT2D eigenvalue weighted by atomic mass is 9.96. The second-order valence-corrected chi connectivity index (χ2v) is 16.0. The highest BCUT2D eigenvalue weighted by Crippen LogP contribution is 2.36. The lowest BCUT2D eigenvalue weighted by Crippen LogP contribution is -2.33. The number of hydrogen-bond acceptors (Lipinski definition) is 7. The van der Waals surface area contributed by atoms with Crippen molar-refractivity contribution in [2.24, 2.45) is 0 Å². The first kappa shape index (κ1) is 36.9. The van der Waals surface area contributed by atoms with Crippen LogP contribution >= 0.6 is 29.2 Å². The number of hydrogen-bond donors (Lipinski definition) is 3. The number of para-hydroxylation sites is 1. The second kappa shape index (κ2) is 19.2. The highest BCUT2D eigenvalue weighted by atomic mass is 33.1. The molecule has 2 unspecified atom stereocenters. The number of allylic oxidation sites excluding steroid dienone is 1. The summed E-state index contributed by atoms with van der Waals surface area (Å²) in [5, 5.41) is 5.99. The quantitative estimate of drug-likeness (QED) is 0.0911. The molecule has 1 aliphatic heterocycles. The number of carbonyl (C=O) groups is 3. The van der Waals surface area contributed by atoms with Gasteiger partial charge in [0.15, 0.2) is 0 Å². The van der Waals surface area contributed by atoms with E-state index in [-0.39, 0.29) is 42.4 Å². The Morgan fingerprint density at radius 3 is 2.49 bits per heavy atom. The highest BCUT2D eigenvalue weighted by molar-refractivity contribution is 8.76. The molecule has 45 heavy (non-hydrogen) atoms. The predicted molar refractivity (Wildman–Crippen MR) is 187 cm³/mol. The average molecular weight is 676 g/mol. The van der Waals surface area contributed by atoms with Crippen molar-refractivity contribution in [3.05, 3.63) is 65.2 Å². The van der Waals surface area contributed by atoms with Gasteiger partial charge in [0.2, 0.25) is 17.7 Å². The fraction of sp³-hybridized carbons (Fsp3) is 0.485. The number of nitrogens with zero attached hydrogens (tertiary/aromatic N) is 1. The van der Waals surface area contributed by atoms with Crippen LogP contribution in [0.15, 0.2) is 48.5 Å². The first-order valence-electron chi connectivity index (χ1n) is 15.5. The third kappa shape index (κ3) is 13.8. The van der Waals surface area contributed by atoms with Gasteiger partial charge in [-0.3, -0.25) is 18.9 Å². The van der Waals surface area contributed by atoms with Crippen LogP contribution in [-0.2, 0) is 30.0 Å². The van der Waals surface area contributed by atoms with Gasteiger partial charge in [-0.2, -0.15) is 0 Å². The van der Waals surface area contributed by atoms with Gasteiger partial charge in [-0.1, -0.05) is 89.9 Å². The van der Waals surface area contributed by atoms with Gasteiger partial charge in [0.05, 0.1) is 18.8 Å². The van der Waals surface area contributed by atoms with E-state index in [2.05, 4.69) is 29.7 Å². The van der Waals surface area contributed by atoms with E-state index >= 15 is 0 Å². The SMILES string of the molecule is C/C1=C/c2ccccc2CN(C(=O)CCC(=O)NCCSSC(C)CC(=O)NCCCCCCOP(C)(=O)O)c2ccccc21. The molecule has 0 fully saturated rings. The van der Waals surface area contributed by atoms with Crippen molar-refractivity contribution in [2.75, 3.05) is 37.0 Å². The van der Waals surface area contributed by atoms with Gasteiger partial charge in [-0.15, -0.1) is 0 Å². The Morgan fingerprint density at radius 1 is 0.978 bits per heavy atom. The molecule has 1 heterocycles. The lowest BCUT2D eigenvalue weighted by Gasteiger charge is -2.28. The molecule has 3 N–H and O–H groups in total. The van der Waals surface area contributed by atoms with Crippen LogP contribution in [0.3, 0.4) is 0 Å². The number of carbonyl (C=O) groups excluding carboxylic acids is 3. The van der Waals surface area contributed by atoms with Crippen LogP contribution < -0.4 is 15.5 Å². The van der Waals surface area contributed by atoms with Crippen molar-refractivity contribution < 1.29 is 28.4 Å². The Hall–Kier alpha value is -2.56. The van der Waals surface area contributed by atoms with Crippen molar-refractivity contribution in [3.8, 4) is 0 Å². The van der Waals surface area contributed by atoms with Gasteiger partial charge in [0.1, 0.15) is 0 Å². The Kier molecular flexibility index (Phi) is 15.7. The zero-order valence-electron chi connectivity index (χ0n) is 26.5. The van der Waals surface area contributed by atoms with Crippen molar-refractivity contribution >= 4 is 64.2 Å². The summed E-state index contributed by atoms with van der Waals surface area (Å²) in [7, 11) is -0.157. The molecule has 12 heteroatoms. The molecule has 2 atom stereocenters. The third-order valence-corrected chi connectivity index (χ3v) is 10.7. The van der Waals surface area contributed by atoms with Gasteiger partial charge in [-0.05, 0) is 42.5 Å². The van der Waals surface area contributed by atoms with E-state index in [0.717, 1.165) is 53.6 Å². The zero-order chi connectivity index (χ0) is 32.7. The van der Waals surface area contributed by atoms with Crippen LogP contribution in [0.1, 0.15) is 75.5 Å². The fourth-order valence-electron chi connectivity index (χ4n) is 4.90. The lowest BCUT2D eigenvalue weighted by molar-refractivity contribution is -0.125. The van der Waals surface area contributed by atoms with Crippen LogP contribution in [0.5, 0.6) is 0 Å². The third-order valence-electron chi connectivity index (χ3n) is 7.18. The summed E-state index contributed by atoms with van der Waals surface area (Å²) in [6, 6.07) is 16.0. The fourth-order valence-corrected chi connectivity index (χ4v) is 7.54. The molecule has 1 aliphatic rings. The number of nitrogens with one attached hydrogen (secondary N) is 2. The number of anilines is 1. The molecule has 2 aromatic rings. The molecular weight excluding hydrogens is 629 g/mol. The van der Waals surface area contributed by atoms with E-state index < -0.39 is 7.60 Å². The topological polar surface area (TPSA) is 125 Å². The van der Waals surface area contributed by atoms with Crippen molar-refractivity contribution in [3.63, 3.8) is 0 Å². The summed E-state index contributed by atoms with van der Waals surface area (Å²) in [5.74, 6) is 0.484. The molecule has 3 rings (SSSR count). The van der Waals surface area contributed by atoms with Gasteiger partial charge in [0, 0.05) is 55.6 Å². The predicted octanol–water partition coefficient (Wildman–Crippen LogP) is 6.66. The molecule has 9 nitrogen and oxygen atoms in total. The van der Waals surface area contributed by atoms with E-state index in [4.69, 9.17) is 9.42 Å². The van der Waals surface area contributed by atoms with Crippen molar-refractivity contribution in [1.29, 1.82) is 0 Å². The second-order valence-electron chi connectivity index (χ2n) is 11.2. The summed E-state index contributed by atoms with van der Waals surface area (Å²) < 4.78 is 15.9. The largest absolute Gasteiger partial charge is 0.356 e. The van der Waals surface area contributed by atoms with E-state index in [1.165, 1.54) is 6.66 Å². The average Bonchev–Trinajstić information content (AvgIpc) is 2.99. The summed E-state index contributed by atoms with van der Waals surface area (Å²) in [5.41, 5.74) is 5.12. The minimum atomic E-state index is -3.39. The number of benzene rings is 2. The van der Waals surface area contributed by atoms with Crippen molar-refractivity contribution in [2.45, 2.75) is 70.6 Å². The van der Waals surface area contributed by atoms with E-state index in [1.807, 2.05) is 49.4 Å². The van der Waals surface area contributed by atoms with Crippen LogP contribution in [-0.4, -0.2) is 60.0 Å². The summed E-state index contributed by atoms with van der Waals surface area (Å²) in [6.45, 7) is 7.07. The number of unbranched alkanes of at least 4 members (excludes halogenated alkanes) is 3. The van der Waals surface area contributed by atoms with Gasteiger partial charge >= 0.3 is 7.60 Å². The number of amides is 3. The Balaban J connectivity index is 1.29. The number of rotatable bonds is 18. The van der Waals surface area contributed by atoms with Crippen LogP contribution in [0, 0.1) is 0 Å². The van der Waals surface area contributed by atoms with Crippen molar-refractivity contribution in [1.82, 2.24) is 10.6 Å². The molecule has 0 spiro atoms. The monoisotopic (exact) mass is 675 g/mol. The molecule has 0 aliphatic carbocycles. The minimum Gasteiger partial charge on any atom is -0.356 e. The Labute approximate surface area is 275 Å². The Morgan fingerprint density at radius 2 is 1.69 bits per heavy atom. The maximum atomic E-state index is 13.4. The van der Waals surface area contributed by atoms with Gasteiger partial charge in [-0.25, -0.2) is 0 Å². The molecule has 0 bridgehead atoms. The van der Waals surface area contributed by atoms with Gasteiger partial charge in [0.25, 0.3) is 0 Å². The molecule has 3 amide bonds. The molecule has 2 aromatic carbocycles. The van der Waals surface area contributed by atoms with E-state index in [0.29, 0.717) is 31.8 Å². The molecule has 0 radical (unpaired) electrons. The molecule has 246 valence electrons. The minimum absolute atomic E-state index is 0.0152. The number of fused-ring (bicyclic) bond motifs is 2. The molecule has 0 aromatic heterocycles. The van der Waals surface area contributed by atoms with Gasteiger partial charge < -0.3 is 25.0 Å². The maximum Gasteiger partial charge on any atom is 0.325 e. The summed E-state index contributed by atoms with van der Waals surface area (Å²) in [4.78, 5) is 49.0. The first-order valence-corrected chi connectivity index (χ1v) is 19.9. The highest BCUT2D eigenvalue weighted by Gasteiger charge is 2.23. The van der Waals surface area contributed by atoms with E-state index in [1.54, 1.807) is 26.5 Å². The first-order chi connectivity index (χ1) is 21.5. The van der Waals surface area contributed by atoms with Crippen LogP contribution in [0.4, 0.5) is 5.69 Å². The molecule has 0 saturated heterocycles. The van der Waals surface area contributed by atoms with Crippen LogP contribution in [0.25, 0.3) is 11.6 Å². The van der Waals surface area contributed by atoms with E-state index in [9.17, 15) is 18.9 Å².